The molecule has 0 spiro atoms. The topological polar surface area (TPSA) is 111 Å². The van der Waals surface area contributed by atoms with Gasteiger partial charge in [-0.15, -0.1) is 21.5 Å². The summed E-state index contributed by atoms with van der Waals surface area (Å²) in [6, 6.07) is 16.1. The molecule has 0 saturated carbocycles. The molecule has 0 bridgehead atoms. The predicted octanol–water partition coefficient (Wildman–Crippen LogP) is 4.26. The first kappa shape index (κ1) is 20.8. The lowest BCUT2D eigenvalue weighted by Crippen LogP contribution is -2.13. The number of rotatable bonds is 7. The number of carbonyl (C=O) groups is 1. The molecule has 0 unspecified atom stereocenters. The number of aryl methyl sites for hydroxylation is 1. The van der Waals surface area contributed by atoms with Crippen LogP contribution in [-0.2, 0) is 21.4 Å². The minimum Gasteiger partial charge on any atom is -0.452 e. The highest BCUT2D eigenvalue weighted by atomic mass is 32.2. The van der Waals surface area contributed by atoms with Crippen molar-refractivity contribution in [1.29, 1.82) is 0 Å². The van der Waals surface area contributed by atoms with Gasteiger partial charge in [-0.25, -0.2) is 13.2 Å². The number of benzene rings is 2. The van der Waals surface area contributed by atoms with E-state index in [1.807, 2.05) is 36.6 Å². The van der Waals surface area contributed by atoms with E-state index in [0.29, 0.717) is 11.6 Å². The summed E-state index contributed by atoms with van der Waals surface area (Å²) < 4.78 is 38.2. The normalized spacial score (nSPS) is 11.3. The van der Waals surface area contributed by atoms with Crippen molar-refractivity contribution in [2.75, 3.05) is 4.72 Å². The van der Waals surface area contributed by atoms with Crippen LogP contribution in [0, 0.1) is 6.92 Å². The van der Waals surface area contributed by atoms with E-state index in [1.165, 1.54) is 35.6 Å². The molecule has 2 aromatic carbocycles. The van der Waals surface area contributed by atoms with Gasteiger partial charge in [0.1, 0.15) is 0 Å². The lowest BCUT2D eigenvalue weighted by molar-refractivity contribution is 0.0438. The van der Waals surface area contributed by atoms with Gasteiger partial charge < -0.3 is 9.15 Å². The maximum Gasteiger partial charge on any atom is 0.338 e. The highest BCUT2D eigenvalue weighted by Gasteiger charge is 2.17. The largest absolute Gasteiger partial charge is 0.452 e. The molecule has 1 N–H and O–H groups in total. The Balaban J connectivity index is 1.38. The monoisotopic (exact) mass is 455 g/mol. The first-order valence-corrected chi connectivity index (χ1v) is 11.5. The van der Waals surface area contributed by atoms with E-state index in [2.05, 4.69) is 14.9 Å². The maximum absolute atomic E-state index is 12.5. The van der Waals surface area contributed by atoms with Crippen LogP contribution < -0.4 is 4.72 Å². The molecule has 31 heavy (non-hydrogen) atoms. The SMILES string of the molecule is Cc1ccc(NS(=O)(=O)c2ccc(C(=O)OCc3nnc(-c4cccs4)o3)cc2)cc1. The van der Waals surface area contributed by atoms with E-state index in [9.17, 15) is 13.2 Å². The van der Waals surface area contributed by atoms with E-state index in [4.69, 9.17) is 9.15 Å². The number of thiophene rings is 1. The van der Waals surface area contributed by atoms with Gasteiger partial charge >= 0.3 is 5.97 Å². The van der Waals surface area contributed by atoms with Gasteiger partial charge in [0.15, 0.2) is 6.61 Å². The smallest absolute Gasteiger partial charge is 0.338 e. The molecule has 4 aromatic rings. The van der Waals surface area contributed by atoms with Gasteiger partial charge in [-0.3, -0.25) is 4.72 Å². The number of sulfonamides is 1. The predicted molar refractivity (Wildman–Crippen MR) is 115 cm³/mol. The van der Waals surface area contributed by atoms with Gasteiger partial charge in [-0.05, 0) is 54.8 Å². The van der Waals surface area contributed by atoms with Gasteiger partial charge in [0.05, 0.1) is 15.3 Å². The van der Waals surface area contributed by atoms with Gasteiger partial charge in [-0.2, -0.15) is 0 Å². The molecule has 0 aliphatic rings. The van der Waals surface area contributed by atoms with Crippen molar-refractivity contribution in [2.24, 2.45) is 0 Å². The fourth-order valence-electron chi connectivity index (χ4n) is 2.63. The van der Waals surface area contributed by atoms with Crippen molar-refractivity contribution >= 4 is 33.0 Å². The Morgan fingerprint density at radius 3 is 2.48 bits per heavy atom. The Morgan fingerprint density at radius 1 is 1.06 bits per heavy atom. The van der Waals surface area contributed by atoms with Crippen LogP contribution in [0.25, 0.3) is 10.8 Å². The molecular weight excluding hydrogens is 438 g/mol. The third kappa shape index (κ3) is 4.98. The number of esters is 1. The summed E-state index contributed by atoms with van der Waals surface area (Å²) in [4.78, 5) is 13.1. The van der Waals surface area contributed by atoms with E-state index >= 15 is 0 Å². The number of carbonyl (C=O) groups excluding carboxylic acids is 1. The lowest BCUT2D eigenvalue weighted by atomic mass is 10.2. The van der Waals surface area contributed by atoms with Gasteiger partial charge in [0.2, 0.25) is 0 Å². The standard InChI is InChI=1S/C21H17N3O5S2/c1-14-4-8-16(9-5-14)24-31(26,27)17-10-6-15(7-11-17)21(25)28-13-19-22-23-20(29-19)18-3-2-12-30-18/h2-12,24H,13H2,1H3. The molecule has 0 saturated heterocycles. The number of nitrogens with one attached hydrogen (secondary N) is 1. The molecular formula is C21H17N3O5S2. The Labute approximate surface area is 182 Å². The van der Waals surface area contributed by atoms with Crippen LogP contribution in [0.4, 0.5) is 5.69 Å². The molecule has 10 heteroatoms. The molecule has 0 fully saturated rings. The average molecular weight is 456 g/mol. The average Bonchev–Trinajstić information content (AvgIpc) is 3.45. The Kier molecular flexibility index (Phi) is 5.83. The Hall–Kier alpha value is -3.50. The van der Waals surface area contributed by atoms with Crippen molar-refractivity contribution < 1.29 is 22.4 Å². The number of anilines is 1. The van der Waals surface area contributed by atoms with E-state index < -0.39 is 16.0 Å². The second-order valence-corrected chi connectivity index (χ2v) is 9.18. The molecule has 0 atom stereocenters. The third-order valence-electron chi connectivity index (χ3n) is 4.23. The van der Waals surface area contributed by atoms with E-state index in [0.717, 1.165) is 10.4 Å². The fourth-order valence-corrected chi connectivity index (χ4v) is 4.33. The summed E-state index contributed by atoms with van der Waals surface area (Å²) in [7, 11) is -3.78. The van der Waals surface area contributed by atoms with Crippen LogP contribution in [0.2, 0.25) is 0 Å². The fraction of sp³-hybridized carbons (Fsp3) is 0.0952. The molecule has 8 nitrogen and oxygen atoms in total. The summed E-state index contributed by atoms with van der Waals surface area (Å²) in [5.74, 6) is -0.110. The molecule has 0 aliphatic carbocycles. The molecule has 2 aromatic heterocycles. The van der Waals surface area contributed by atoms with Crippen molar-refractivity contribution in [2.45, 2.75) is 18.4 Å². The summed E-state index contributed by atoms with van der Waals surface area (Å²) in [5, 5.41) is 9.66. The number of aromatic nitrogens is 2. The van der Waals surface area contributed by atoms with Crippen LogP contribution in [0.5, 0.6) is 0 Å². The van der Waals surface area contributed by atoms with Crippen LogP contribution >= 0.6 is 11.3 Å². The minimum absolute atomic E-state index is 0.0297. The second kappa shape index (κ2) is 8.70. The number of hydrogen-bond acceptors (Lipinski definition) is 8. The zero-order valence-corrected chi connectivity index (χ0v) is 17.9. The summed E-state index contributed by atoms with van der Waals surface area (Å²) in [5.41, 5.74) is 1.68. The van der Waals surface area contributed by atoms with Gasteiger partial charge in [-0.1, -0.05) is 23.8 Å². The minimum atomic E-state index is -3.78. The quantitative estimate of drug-likeness (QED) is 0.414. The first-order chi connectivity index (χ1) is 14.9. The van der Waals surface area contributed by atoms with Crippen LogP contribution in [0.15, 0.2) is 75.4 Å². The highest BCUT2D eigenvalue weighted by molar-refractivity contribution is 7.92. The molecule has 0 radical (unpaired) electrons. The molecule has 4 rings (SSSR count). The highest BCUT2D eigenvalue weighted by Crippen LogP contribution is 2.23. The summed E-state index contributed by atoms with van der Waals surface area (Å²) in [6.07, 6.45) is 0. The maximum atomic E-state index is 12.5. The Morgan fingerprint density at radius 2 is 1.81 bits per heavy atom. The van der Waals surface area contributed by atoms with Crippen molar-refractivity contribution in [3.8, 4) is 10.8 Å². The zero-order chi connectivity index (χ0) is 21.8. The Bertz CT molecular complexity index is 1280. The molecule has 2 heterocycles. The molecule has 158 valence electrons. The zero-order valence-electron chi connectivity index (χ0n) is 16.3. The van der Waals surface area contributed by atoms with Crippen molar-refractivity contribution in [3.63, 3.8) is 0 Å². The van der Waals surface area contributed by atoms with Crippen molar-refractivity contribution in [1.82, 2.24) is 10.2 Å². The van der Waals surface area contributed by atoms with Crippen LogP contribution in [0.1, 0.15) is 21.8 Å². The lowest BCUT2D eigenvalue weighted by Gasteiger charge is -2.09. The van der Waals surface area contributed by atoms with E-state index in [1.54, 1.807) is 12.1 Å². The third-order valence-corrected chi connectivity index (χ3v) is 6.48. The van der Waals surface area contributed by atoms with Crippen molar-refractivity contribution in [3.05, 3.63) is 83.1 Å². The van der Waals surface area contributed by atoms with Gasteiger partial charge in [0.25, 0.3) is 21.8 Å². The second-order valence-electron chi connectivity index (χ2n) is 6.55. The summed E-state index contributed by atoms with van der Waals surface area (Å²) >= 11 is 1.46. The number of nitrogens with zero attached hydrogens (tertiary/aromatic N) is 2. The molecule has 0 amide bonds. The van der Waals surface area contributed by atoms with E-state index in [-0.39, 0.29) is 23.0 Å². The van der Waals surface area contributed by atoms with Crippen LogP contribution in [0.3, 0.4) is 0 Å². The summed E-state index contributed by atoms with van der Waals surface area (Å²) in [6.45, 7) is 1.73. The van der Waals surface area contributed by atoms with Crippen LogP contribution in [-0.4, -0.2) is 24.6 Å². The van der Waals surface area contributed by atoms with Gasteiger partial charge in [0, 0.05) is 5.69 Å². The number of hydrogen-bond donors (Lipinski definition) is 1. The first-order valence-electron chi connectivity index (χ1n) is 9.14. The number of ether oxygens (including phenoxy) is 1. The molecule has 0 aliphatic heterocycles.